The molecule has 0 unspecified atom stereocenters. The second kappa shape index (κ2) is 10.9. The number of rotatable bonds is 12. The van der Waals surface area contributed by atoms with E-state index in [-0.39, 0.29) is 6.42 Å². The summed E-state index contributed by atoms with van der Waals surface area (Å²) in [6.45, 7) is 0. The molecule has 4 atom stereocenters. The zero-order chi connectivity index (χ0) is 18.9. The number of fused-ring (bicyclic) bond motifs is 2. The van der Waals surface area contributed by atoms with Crippen molar-refractivity contribution in [1.29, 1.82) is 0 Å². The van der Waals surface area contributed by atoms with Gasteiger partial charge in [0, 0.05) is 11.3 Å². The van der Waals surface area contributed by atoms with Crippen LogP contribution in [-0.2, 0) is 9.53 Å². The molecule has 4 heteroatoms. The Morgan fingerprint density at radius 3 is 2.63 bits per heavy atom. The number of carboxylic acids is 1. The van der Waals surface area contributed by atoms with Gasteiger partial charge in [-0.3, -0.25) is 4.79 Å². The molecule has 0 spiro atoms. The molecule has 148 valence electrons. The number of allylic oxidation sites excluding steroid dienone is 2. The Morgan fingerprint density at radius 1 is 1.07 bits per heavy atom. The fraction of sp³-hybridized carbons (Fsp3) is 0.609. The predicted molar refractivity (Wildman–Crippen MR) is 111 cm³/mol. The first kappa shape index (κ1) is 20.5. The van der Waals surface area contributed by atoms with Crippen molar-refractivity contribution in [3.8, 4) is 0 Å². The lowest BCUT2D eigenvalue weighted by molar-refractivity contribution is -0.137. The topological polar surface area (TPSA) is 46.5 Å². The molecule has 2 aliphatic heterocycles. The average molecular weight is 389 g/mol. The maximum Gasteiger partial charge on any atom is 0.303 e. The highest BCUT2D eigenvalue weighted by Crippen LogP contribution is 2.47. The lowest BCUT2D eigenvalue weighted by atomic mass is 9.75. The number of thioether (sulfide) groups is 1. The minimum atomic E-state index is -0.699. The van der Waals surface area contributed by atoms with E-state index in [0.717, 1.165) is 19.3 Å². The highest BCUT2D eigenvalue weighted by atomic mass is 32.2. The smallest absolute Gasteiger partial charge is 0.303 e. The van der Waals surface area contributed by atoms with Gasteiger partial charge < -0.3 is 9.84 Å². The number of carbonyl (C=O) groups is 1. The van der Waals surface area contributed by atoms with Gasteiger partial charge in [-0.05, 0) is 74.7 Å². The molecule has 2 bridgehead atoms. The lowest BCUT2D eigenvalue weighted by Crippen LogP contribution is -2.26. The van der Waals surface area contributed by atoms with Gasteiger partial charge in [-0.2, -0.15) is 0 Å². The molecule has 0 aliphatic carbocycles. The van der Waals surface area contributed by atoms with Gasteiger partial charge in [0.25, 0.3) is 0 Å². The van der Waals surface area contributed by atoms with Crippen LogP contribution in [0.1, 0.15) is 57.8 Å². The lowest BCUT2D eigenvalue weighted by Gasteiger charge is -2.27. The number of ether oxygens (including phenoxy) is 1. The second-order valence-electron chi connectivity index (χ2n) is 7.77. The van der Waals surface area contributed by atoms with Gasteiger partial charge in [0.15, 0.2) is 0 Å². The normalized spacial score (nSPS) is 26.8. The number of hydrogen-bond donors (Lipinski definition) is 1. The summed E-state index contributed by atoms with van der Waals surface area (Å²) in [6.07, 6.45) is 14.7. The van der Waals surface area contributed by atoms with Crippen LogP contribution in [0.5, 0.6) is 0 Å². The largest absolute Gasteiger partial charge is 0.481 e. The Labute approximate surface area is 167 Å². The van der Waals surface area contributed by atoms with Crippen LogP contribution in [0.25, 0.3) is 0 Å². The van der Waals surface area contributed by atoms with Crippen LogP contribution in [0.2, 0.25) is 0 Å². The summed E-state index contributed by atoms with van der Waals surface area (Å²) < 4.78 is 6.22. The molecule has 0 aromatic heterocycles. The summed E-state index contributed by atoms with van der Waals surface area (Å²) >= 11 is 1.96. The number of unbranched alkanes of at least 4 members (excludes halogenated alkanes) is 2. The van der Waals surface area contributed by atoms with Gasteiger partial charge in [-0.1, -0.05) is 36.8 Å². The van der Waals surface area contributed by atoms with E-state index in [1.807, 2.05) is 11.8 Å². The summed E-state index contributed by atoms with van der Waals surface area (Å²) in [6, 6.07) is 10.7. The summed E-state index contributed by atoms with van der Waals surface area (Å²) in [5.41, 5.74) is 0. The van der Waals surface area contributed by atoms with Crippen molar-refractivity contribution < 1.29 is 14.6 Å². The average Bonchev–Trinajstić information content (AvgIpc) is 3.27. The molecule has 3 nitrogen and oxygen atoms in total. The van der Waals surface area contributed by atoms with E-state index in [9.17, 15) is 4.79 Å². The van der Waals surface area contributed by atoms with Gasteiger partial charge in [-0.15, -0.1) is 11.8 Å². The maximum absolute atomic E-state index is 10.6. The first-order valence-corrected chi connectivity index (χ1v) is 11.4. The Kier molecular flexibility index (Phi) is 8.28. The number of hydrogen-bond acceptors (Lipinski definition) is 3. The van der Waals surface area contributed by atoms with E-state index in [2.05, 4.69) is 42.5 Å². The van der Waals surface area contributed by atoms with Gasteiger partial charge in [0.2, 0.25) is 0 Å². The first-order valence-electron chi connectivity index (χ1n) is 10.4. The zero-order valence-corrected chi connectivity index (χ0v) is 16.9. The summed E-state index contributed by atoms with van der Waals surface area (Å²) in [7, 11) is 0. The second-order valence-corrected chi connectivity index (χ2v) is 8.94. The summed E-state index contributed by atoms with van der Waals surface area (Å²) in [5, 5.41) is 8.69. The molecule has 1 aromatic rings. The number of benzene rings is 1. The minimum Gasteiger partial charge on any atom is -0.481 e. The van der Waals surface area contributed by atoms with Crippen LogP contribution >= 0.6 is 11.8 Å². The summed E-state index contributed by atoms with van der Waals surface area (Å²) in [4.78, 5) is 11.9. The quantitative estimate of drug-likeness (QED) is 0.273. The van der Waals surface area contributed by atoms with Crippen molar-refractivity contribution in [1.82, 2.24) is 0 Å². The van der Waals surface area contributed by atoms with Crippen LogP contribution in [0, 0.1) is 11.8 Å². The van der Waals surface area contributed by atoms with Crippen molar-refractivity contribution >= 4 is 17.7 Å². The molecule has 2 saturated heterocycles. The van der Waals surface area contributed by atoms with Crippen LogP contribution in [-0.4, -0.2) is 29.0 Å². The maximum atomic E-state index is 10.6. The monoisotopic (exact) mass is 388 g/mol. The van der Waals surface area contributed by atoms with E-state index in [1.54, 1.807) is 0 Å². The van der Waals surface area contributed by atoms with Crippen molar-refractivity contribution in [2.75, 3.05) is 5.75 Å². The van der Waals surface area contributed by atoms with Crippen molar-refractivity contribution in [2.45, 2.75) is 74.9 Å². The minimum absolute atomic E-state index is 0.269. The van der Waals surface area contributed by atoms with Crippen LogP contribution in [0.4, 0.5) is 0 Å². The number of carboxylic acid groups (broad SMARTS) is 1. The Balaban J connectivity index is 1.35. The molecule has 3 rings (SSSR count). The molecule has 1 N–H and O–H groups in total. The molecule has 2 aliphatic rings. The molecule has 0 radical (unpaired) electrons. The Hall–Kier alpha value is -1.26. The van der Waals surface area contributed by atoms with E-state index in [1.165, 1.54) is 42.8 Å². The van der Waals surface area contributed by atoms with E-state index in [4.69, 9.17) is 9.84 Å². The third kappa shape index (κ3) is 6.39. The van der Waals surface area contributed by atoms with Gasteiger partial charge in [0.05, 0.1) is 12.2 Å². The molecule has 1 aromatic carbocycles. The van der Waals surface area contributed by atoms with Gasteiger partial charge >= 0.3 is 5.97 Å². The molecule has 27 heavy (non-hydrogen) atoms. The van der Waals surface area contributed by atoms with Crippen LogP contribution in [0.15, 0.2) is 47.4 Å². The van der Waals surface area contributed by atoms with E-state index >= 15 is 0 Å². The molecule has 0 saturated carbocycles. The summed E-state index contributed by atoms with van der Waals surface area (Å²) in [5.74, 6) is 1.88. The predicted octanol–water partition coefficient (Wildman–Crippen LogP) is 5.94. The fourth-order valence-electron chi connectivity index (χ4n) is 4.53. The Bertz CT molecular complexity index is 601. The standard InChI is InChI=1S/C23H32O3S/c24-23(25)14-7-2-1-6-12-19-20(22-16-15-21(19)26-22)13-8-9-17-27-18-10-4-3-5-11-18/h1,3-6,10-11,19-22H,2,7-9,12-17H2,(H,24,25)/t19-,20+,21-,22+/m1/s1. The van der Waals surface area contributed by atoms with Crippen LogP contribution < -0.4 is 0 Å². The molecular formula is C23H32O3S. The van der Waals surface area contributed by atoms with Crippen molar-refractivity contribution in [3.05, 3.63) is 42.5 Å². The van der Waals surface area contributed by atoms with Gasteiger partial charge in [0.1, 0.15) is 0 Å². The third-order valence-electron chi connectivity index (χ3n) is 5.87. The van der Waals surface area contributed by atoms with E-state index in [0.29, 0.717) is 24.0 Å². The van der Waals surface area contributed by atoms with Gasteiger partial charge in [-0.25, -0.2) is 0 Å². The molecular weight excluding hydrogens is 356 g/mol. The van der Waals surface area contributed by atoms with E-state index < -0.39 is 5.97 Å². The molecule has 2 fully saturated rings. The highest BCUT2D eigenvalue weighted by molar-refractivity contribution is 7.99. The molecule has 0 amide bonds. The third-order valence-corrected chi connectivity index (χ3v) is 6.97. The fourth-order valence-corrected chi connectivity index (χ4v) is 5.46. The zero-order valence-electron chi connectivity index (χ0n) is 16.1. The van der Waals surface area contributed by atoms with Crippen molar-refractivity contribution in [3.63, 3.8) is 0 Å². The number of aliphatic carboxylic acids is 1. The molecule has 2 heterocycles. The highest BCUT2D eigenvalue weighted by Gasteiger charge is 2.47. The van der Waals surface area contributed by atoms with Crippen molar-refractivity contribution in [2.24, 2.45) is 11.8 Å². The first-order chi connectivity index (χ1) is 13.2. The van der Waals surface area contributed by atoms with Crippen LogP contribution in [0.3, 0.4) is 0 Å². The Morgan fingerprint density at radius 2 is 1.85 bits per heavy atom. The SMILES string of the molecule is O=C(O)CCCC=CC[C@@H]1[C@H](CCCCSc2ccccc2)[C@@H]2CC[C@H]1O2.